The van der Waals surface area contributed by atoms with E-state index in [9.17, 15) is 19.5 Å². The molecule has 1 aromatic carbocycles. The zero-order valence-electron chi connectivity index (χ0n) is 22.2. The predicted molar refractivity (Wildman–Crippen MR) is 135 cm³/mol. The van der Waals surface area contributed by atoms with Gasteiger partial charge in [-0.15, -0.1) is 0 Å². The number of β-amino-alcohol motifs (C(OH)–C–C–N with tert-alkyl or cyclic N) is 1. The predicted octanol–water partition coefficient (Wildman–Crippen LogP) is 2.81. The number of nitrogens with one attached hydrogen (secondary N) is 2. The summed E-state index contributed by atoms with van der Waals surface area (Å²) in [5, 5.41) is 20.0. The number of hydrogen-bond acceptors (Lipinski definition) is 6. The van der Waals surface area contributed by atoms with E-state index in [2.05, 4.69) is 15.8 Å². The molecule has 9 nitrogen and oxygen atoms in total. The number of amides is 3. The van der Waals surface area contributed by atoms with Crippen LogP contribution in [0.2, 0.25) is 0 Å². The van der Waals surface area contributed by atoms with E-state index in [0.717, 1.165) is 22.4 Å². The third kappa shape index (κ3) is 6.32. The van der Waals surface area contributed by atoms with Gasteiger partial charge in [0.25, 0.3) is 0 Å². The maximum absolute atomic E-state index is 13.6. The topological polar surface area (TPSA) is 125 Å². The summed E-state index contributed by atoms with van der Waals surface area (Å²) in [6, 6.07) is 6.03. The highest BCUT2D eigenvalue weighted by atomic mass is 16.5. The van der Waals surface area contributed by atoms with Gasteiger partial charge >= 0.3 is 0 Å². The van der Waals surface area contributed by atoms with Gasteiger partial charge in [-0.1, -0.05) is 71.0 Å². The SMILES string of the molecule is Cc1nocc1-c1ccc(CNC(=O)C2CC(O)CN2C(=O)C(NC(=O)C(C)(C)C)C(C)(C)C)cc1. The van der Waals surface area contributed by atoms with Gasteiger partial charge in [0, 0.05) is 30.5 Å². The van der Waals surface area contributed by atoms with E-state index in [4.69, 9.17) is 4.52 Å². The number of aromatic nitrogens is 1. The van der Waals surface area contributed by atoms with Crippen molar-refractivity contribution in [2.45, 2.75) is 79.6 Å². The average molecular weight is 499 g/mol. The van der Waals surface area contributed by atoms with Gasteiger partial charge in [-0.25, -0.2) is 0 Å². The molecule has 1 aromatic heterocycles. The first-order chi connectivity index (χ1) is 16.7. The van der Waals surface area contributed by atoms with Gasteiger partial charge in [-0.3, -0.25) is 14.4 Å². The molecular weight excluding hydrogens is 460 g/mol. The Hall–Kier alpha value is -3.20. The summed E-state index contributed by atoms with van der Waals surface area (Å²) in [4.78, 5) is 40.8. The number of carbonyl (C=O) groups excluding carboxylic acids is 3. The van der Waals surface area contributed by atoms with E-state index in [1.165, 1.54) is 4.90 Å². The Kier molecular flexibility index (Phi) is 7.93. The van der Waals surface area contributed by atoms with E-state index in [1.807, 2.05) is 52.0 Å². The molecular formula is C27H38N4O5. The van der Waals surface area contributed by atoms with Crippen LogP contribution in [0.4, 0.5) is 0 Å². The molecule has 36 heavy (non-hydrogen) atoms. The van der Waals surface area contributed by atoms with Crippen LogP contribution in [-0.4, -0.2) is 57.6 Å². The average Bonchev–Trinajstić information content (AvgIpc) is 3.39. The number of nitrogens with zero attached hydrogens (tertiary/aromatic N) is 2. The first-order valence-corrected chi connectivity index (χ1v) is 12.3. The molecule has 0 radical (unpaired) electrons. The van der Waals surface area contributed by atoms with E-state index in [1.54, 1.807) is 27.0 Å². The largest absolute Gasteiger partial charge is 0.391 e. The standard InChI is InChI=1S/C27H38N4O5/c1-16-20(15-36-30-16)18-10-8-17(9-11-18)13-28-23(33)21-12-19(32)14-31(21)24(34)22(26(2,3)4)29-25(35)27(5,6)7/h8-11,15,19,21-22,32H,12-14H2,1-7H3,(H,28,33)(H,29,35). The molecule has 0 aliphatic carbocycles. The van der Waals surface area contributed by atoms with Crippen molar-refractivity contribution in [3.05, 3.63) is 41.8 Å². The van der Waals surface area contributed by atoms with Gasteiger partial charge in [0.15, 0.2) is 0 Å². The van der Waals surface area contributed by atoms with Crippen molar-refractivity contribution < 1.29 is 24.0 Å². The maximum Gasteiger partial charge on any atom is 0.246 e. The number of hydrogen-bond donors (Lipinski definition) is 3. The van der Waals surface area contributed by atoms with E-state index in [-0.39, 0.29) is 37.2 Å². The highest BCUT2D eigenvalue weighted by Crippen LogP contribution is 2.28. The number of benzene rings is 1. The summed E-state index contributed by atoms with van der Waals surface area (Å²) in [7, 11) is 0. The van der Waals surface area contributed by atoms with Crippen molar-refractivity contribution >= 4 is 17.7 Å². The molecule has 1 aliphatic rings. The fourth-order valence-corrected chi connectivity index (χ4v) is 4.15. The summed E-state index contributed by atoms with van der Waals surface area (Å²) in [6.07, 6.45) is 0.931. The van der Waals surface area contributed by atoms with Gasteiger partial charge in [0.1, 0.15) is 18.3 Å². The van der Waals surface area contributed by atoms with Crippen LogP contribution in [0, 0.1) is 17.8 Å². The molecule has 3 N–H and O–H groups in total. The fourth-order valence-electron chi connectivity index (χ4n) is 4.15. The lowest BCUT2D eigenvalue weighted by atomic mass is 9.84. The summed E-state index contributed by atoms with van der Waals surface area (Å²) in [5.41, 5.74) is 2.30. The third-order valence-corrected chi connectivity index (χ3v) is 6.42. The highest BCUT2D eigenvalue weighted by molar-refractivity contribution is 5.94. The lowest BCUT2D eigenvalue weighted by Crippen LogP contribution is -2.59. The second-order valence-corrected chi connectivity index (χ2v) is 11.6. The number of likely N-dealkylation sites (tertiary alicyclic amines) is 1. The number of aliphatic hydroxyl groups excluding tert-OH is 1. The highest BCUT2D eigenvalue weighted by Gasteiger charge is 2.45. The smallest absolute Gasteiger partial charge is 0.246 e. The molecule has 0 spiro atoms. The van der Waals surface area contributed by atoms with Crippen LogP contribution in [0.5, 0.6) is 0 Å². The number of carbonyl (C=O) groups is 3. The normalized spacial score (nSPS) is 19.2. The summed E-state index contributed by atoms with van der Waals surface area (Å²) in [6.45, 7) is 13.1. The molecule has 1 fully saturated rings. The lowest BCUT2D eigenvalue weighted by molar-refractivity contribution is -0.145. The van der Waals surface area contributed by atoms with Crippen molar-refractivity contribution in [1.29, 1.82) is 0 Å². The number of aryl methyl sites for hydroxylation is 1. The van der Waals surface area contributed by atoms with E-state index >= 15 is 0 Å². The Balaban J connectivity index is 1.69. The van der Waals surface area contributed by atoms with Crippen molar-refractivity contribution in [3.63, 3.8) is 0 Å². The van der Waals surface area contributed by atoms with E-state index in [0.29, 0.717) is 0 Å². The van der Waals surface area contributed by atoms with Gasteiger partial charge in [-0.05, 0) is 23.5 Å². The number of aliphatic hydroxyl groups is 1. The summed E-state index contributed by atoms with van der Waals surface area (Å²) >= 11 is 0. The van der Waals surface area contributed by atoms with Crippen LogP contribution in [0.1, 0.15) is 59.2 Å². The van der Waals surface area contributed by atoms with Crippen LogP contribution >= 0.6 is 0 Å². The minimum Gasteiger partial charge on any atom is -0.391 e. The molecule has 3 unspecified atom stereocenters. The maximum atomic E-state index is 13.6. The van der Waals surface area contributed by atoms with Crippen molar-refractivity contribution in [2.24, 2.45) is 10.8 Å². The van der Waals surface area contributed by atoms with Crippen LogP contribution in [0.15, 0.2) is 35.1 Å². The van der Waals surface area contributed by atoms with Crippen molar-refractivity contribution in [3.8, 4) is 11.1 Å². The fraction of sp³-hybridized carbons (Fsp3) is 0.556. The molecule has 196 valence electrons. The molecule has 3 atom stereocenters. The second kappa shape index (κ2) is 10.4. The molecule has 0 saturated carbocycles. The molecule has 3 rings (SSSR count). The van der Waals surface area contributed by atoms with Crippen molar-refractivity contribution in [2.75, 3.05) is 6.54 Å². The zero-order chi connectivity index (χ0) is 26.8. The second-order valence-electron chi connectivity index (χ2n) is 11.6. The minimum absolute atomic E-state index is 0.0433. The van der Waals surface area contributed by atoms with Crippen LogP contribution in [0.3, 0.4) is 0 Å². The Morgan fingerprint density at radius 3 is 2.31 bits per heavy atom. The summed E-state index contributed by atoms with van der Waals surface area (Å²) < 4.78 is 5.00. The monoisotopic (exact) mass is 498 g/mol. The van der Waals surface area contributed by atoms with Gasteiger partial charge in [0.05, 0.1) is 11.8 Å². The van der Waals surface area contributed by atoms with Gasteiger partial charge in [-0.2, -0.15) is 0 Å². The van der Waals surface area contributed by atoms with Crippen molar-refractivity contribution in [1.82, 2.24) is 20.7 Å². The first-order valence-electron chi connectivity index (χ1n) is 12.3. The Morgan fingerprint density at radius 2 is 1.78 bits per heavy atom. The molecule has 0 bridgehead atoms. The minimum atomic E-state index is -0.835. The van der Waals surface area contributed by atoms with E-state index < -0.39 is 29.0 Å². The zero-order valence-corrected chi connectivity index (χ0v) is 22.2. The first kappa shape index (κ1) is 27.4. The summed E-state index contributed by atoms with van der Waals surface area (Å²) in [5.74, 6) is -0.958. The molecule has 1 aliphatic heterocycles. The Morgan fingerprint density at radius 1 is 1.14 bits per heavy atom. The molecule has 1 saturated heterocycles. The number of rotatable bonds is 6. The van der Waals surface area contributed by atoms with Crippen LogP contribution in [-0.2, 0) is 20.9 Å². The third-order valence-electron chi connectivity index (χ3n) is 6.42. The molecule has 2 aromatic rings. The molecule has 2 heterocycles. The molecule has 9 heteroatoms. The Labute approximate surface area is 212 Å². The lowest BCUT2D eigenvalue weighted by Gasteiger charge is -2.36. The van der Waals surface area contributed by atoms with Gasteiger partial charge < -0.3 is 25.2 Å². The van der Waals surface area contributed by atoms with Crippen LogP contribution in [0.25, 0.3) is 11.1 Å². The Bertz CT molecular complexity index is 1090. The van der Waals surface area contributed by atoms with Gasteiger partial charge in [0.2, 0.25) is 17.7 Å². The molecule has 3 amide bonds. The van der Waals surface area contributed by atoms with Crippen LogP contribution < -0.4 is 10.6 Å². The quantitative estimate of drug-likeness (QED) is 0.563.